The van der Waals surface area contributed by atoms with Gasteiger partial charge in [-0.25, -0.2) is 8.42 Å². The van der Waals surface area contributed by atoms with Crippen LogP contribution in [-0.2, 0) is 24.3 Å². The van der Waals surface area contributed by atoms with Gasteiger partial charge in [0.05, 0.1) is 11.4 Å². The molecule has 0 aliphatic heterocycles. The molecule has 0 heterocycles. The first kappa shape index (κ1) is 21.6. The van der Waals surface area contributed by atoms with Crippen molar-refractivity contribution in [1.29, 1.82) is 0 Å². The molecule has 2 atom stereocenters. The lowest BCUT2D eigenvalue weighted by molar-refractivity contribution is -0.129. The molecule has 8 heteroatoms. The fourth-order valence-electron chi connectivity index (χ4n) is 2.17. The van der Waals surface area contributed by atoms with Crippen LogP contribution in [0.4, 0.5) is 0 Å². The van der Waals surface area contributed by atoms with Crippen LogP contribution in [0.25, 0.3) is 0 Å². The molecule has 0 fully saturated rings. The van der Waals surface area contributed by atoms with Crippen LogP contribution in [0, 0.1) is 12.8 Å². The second-order valence-electron chi connectivity index (χ2n) is 5.94. The second-order valence-corrected chi connectivity index (χ2v) is 7.66. The first-order valence-electron chi connectivity index (χ1n) is 8.17. The number of sulfonamides is 1. The van der Waals surface area contributed by atoms with E-state index in [1.54, 1.807) is 12.1 Å². The molecule has 1 rings (SSSR count). The molecule has 1 aromatic rings. The first-order chi connectivity index (χ1) is 11.7. The van der Waals surface area contributed by atoms with Gasteiger partial charge in [-0.15, -0.1) is 0 Å². The Hall–Kier alpha value is -1.48. The van der Waals surface area contributed by atoms with Crippen molar-refractivity contribution >= 4 is 15.9 Å². The number of aryl methyl sites for hydroxylation is 1. The minimum Gasteiger partial charge on any atom is -0.354 e. The predicted molar refractivity (Wildman–Crippen MR) is 95.6 cm³/mol. The lowest BCUT2D eigenvalue weighted by Gasteiger charge is -2.24. The van der Waals surface area contributed by atoms with Gasteiger partial charge in [0.25, 0.3) is 0 Å². The largest absolute Gasteiger partial charge is 0.354 e. The van der Waals surface area contributed by atoms with Crippen molar-refractivity contribution in [2.24, 2.45) is 5.92 Å². The van der Waals surface area contributed by atoms with E-state index in [2.05, 4.69) is 10.0 Å². The van der Waals surface area contributed by atoms with E-state index < -0.39 is 28.3 Å². The summed E-state index contributed by atoms with van der Waals surface area (Å²) in [6.07, 6.45) is 0.0576. The highest BCUT2D eigenvalue weighted by atomic mass is 32.2. The van der Waals surface area contributed by atoms with Crippen molar-refractivity contribution in [1.82, 2.24) is 10.0 Å². The van der Waals surface area contributed by atoms with Gasteiger partial charge in [-0.2, -0.15) is 4.72 Å². The zero-order valence-corrected chi connectivity index (χ0v) is 16.2. The molecule has 2 N–H and O–H groups in total. The number of benzene rings is 1. The summed E-state index contributed by atoms with van der Waals surface area (Å²) in [4.78, 5) is 12.6. The van der Waals surface area contributed by atoms with Gasteiger partial charge >= 0.3 is 0 Å². The number of amides is 1. The maximum absolute atomic E-state index is 12.6. The summed E-state index contributed by atoms with van der Waals surface area (Å²) in [6.45, 7) is 5.73. The molecule has 0 aromatic heterocycles. The van der Waals surface area contributed by atoms with Gasteiger partial charge < -0.3 is 14.8 Å². The van der Waals surface area contributed by atoms with Crippen LogP contribution in [0.5, 0.6) is 0 Å². The Kier molecular flexibility index (Phi) is 8.51. The molecule has 25 heavy (non-hydrogen) atoms. The summed E-state index contributed by atoms with van der Waals surface area (Å²) in [7, 11) is -0.870. The van der Waals surface area contributed by atoms with Gasteiger partial charge in [0.15, 0.2) is 6.29 Å². The maximum atomic E-state index is 12.6. The van der Waals surface area contributed by atoms with Crippen molar-refractivity contribution < 1.29 is 22.7 Å². The van der Waals surface area contributed by atoms with Gasteiger partial charge in [0.1, 0.15) is 6.04 Å². The summed E-state index contributed by atoms with van der Waals surface area (Å²) in [5, 5.41) is 2.67. The van der Waals surface area contributed by atoms with E-state index in [4.69, 9.17) is 9.47 Å². The Morgan fingerprint density at radius 3 is 2.20 bits per heavy atom. The normalized spacial score (nSPS) is 14.3. The molecule has 0 unspecified atom stereocenters. The highest BCUT2D eigenvalue weighted by molar-refractivity contribution is 7.89. The highest BCUT2D eigenvalue weighted by Gasteiger charge is 2.29. The first-order valence-corrected chi connectivity index (χ1v) is 9.65. The Bertz CT molecular complexity index is 642. The molecule has 0 bridgehead atoms. The van der Waals surface area contributed by atoms with Crippen LogP contribution >= 0.6 is 0 Å². The van der Waals surface area contributed by atoms with E-state index in [1.165, 1.54) is 26.4 Å². The lowest BCUT2D eigenvalue weighted by atomic mass is 9.99. The molecule has 0 saturated carbocycles. The molecule has 142 valence electrons. The average Bonchev–Trinajstić information content (AvgIpc) is 2.60. The van der Waals surface area contributed by atoms with E-state index in [0.717, 1.165) is 5.56 Å². The van der Waals surface area contributed by atoms with Crippen LogP contribution in [0.2, 0.25) is 0 Å². The molecular formula is C17H28N2O5S. The molecule has 0 aliphatic carbocycles. The molecule has 7 nitrogen and oxygen atoms in total. The Labute approximate surface area is 150 Å². The van der Waals surface area contributed by atoms with E-state index in [1.807, 2.05) is 20.8 Å². The third kappa shape index (κ3) is 6.39. The summed E-state index contributed by atoms with van der Waals surface area (Å²) >= 11 is 0. The fourth-order valence-corrected chi connectivity index (χ4v) is 3.48. The molecular weight excluding hydrogens is 344 g/mol. The summed E-state index contributed by atoms with van der Waals surface area (Å²) in [6, 6.07) is 5.60. The number of hydrogen-bond donors (Lipinski definition) is 2. The van der Waals surface area contributed by atoms with Crippen molar-refractivity contribution in [2.75, 3.05) is 20.8 Å². The monoisotopic (exact) mass is 372 g/mol. The number of rotatable bonds is 10. The van der Waals surface area contributed by atoms with Crippen molar-refractivity contribution in [2.45, 2.75) is 44.4 Å². The molecule has 0 aliphatic rings. The topological polar surface area (TPSA) is 93.7 Å². The molecule has 0 spiro atoms. The highest BCUT2D eigenvalue weighted by Crippen LogP contribution is 2.15. The van der Waals surface area contributed by atoms with E-state index in [-0.39, 0.29) is 17.4 Å². The van der Waals surface area contributed by atoms with Crippen molar-refractivity contribution in [3.8, 4) is 0 Å². The van der Waals surface area contributed by atoms with E-state index in [0.29, 0.717) is 6.42 Å². The third-order valence-corrected chi connectivity index (χ3v) is 5.53. The summed E-state index contributed by atoms with van der Waals surface area (Å²) in [5.74, 6) is -0.590. The second kappa shape index (κ2) is 9.86. The van der Waals surface area contributed by atoms with Crippen LogP contribution in [-0.4, -0.2) is 47.4 Å². The molecule has 1 aromatic carbocycles. The standard InChI is InChI=1S/C17H28N2O5S/c1-6-13(3)16(17(20)18-11-15(23-4)24-5)19-25(21,22)14-9-7-12(2)8-10-14/h7-10,13,15-16,19H,6,11H2,1-5H3,(H,18,20)/t13-,16-/m0/s1. The maximum Gasteiger partial charge on any atom is 0.241 e. The quantitative estimate of drug-likeness (QED) is 0.606. The van der Waals surface area contributed by atoms with Crippen LogP contribution < -0.4 is 10.0 Å². The number of carbonyl (C=O) groups is 1. The zero-order valence-electron chi connectivity index (χ0n) is 15.4. The summed E-state index contributed by atoms with van der Waals surface area (Å²) in [5.41, 5.74) is 0.959. The lowest BCUT2D eigenvalue weighted by Crippen LogP contribution is -2.51. The van der Waals surface area contributed by atoms with Crippen LogP contribution in [0.1, 0.15) is 25.8 Å². The van der Waals surface area contributed by atoms with Gasteiger partial charge in [-0.3, -0.25) is 4.79 Å². The van der Waals surface area contributed by atoms with Gasteiger partial charge in [0, 0.05) is 14.2 Å². The number of nitrogens with one attached hydrogen (secondary N) is 2. The third-order valence-electron chi connectivity index (χ3n) is 4.08. The number of ether oxygens (including phenoxy) is 2. The van der Waals surface area contributed by atoms with Crippen LogP contribution in [0.15, 0.2) is 29.2 Å². The molecule has 0 radical (unpaired) electrons. The molecule has 1 amide bonds. The Morgan fingerprint density at radius 2 is 1.72 bits per heavy atom. The minimum atomic E-state index is -3.80. The van der Waals surface area contributed by atoms with E-state index in [9.17, 15) is 13.2 Å². The average molecular weight is 372 g/mol. The summed E-state index contributed by atoms with van der Waals surface area (Å²) < 4.78 is 37.7. The number of hydrogen-bond acceptors (Lipinski definition) is 5. The SMILES string of the molecule is CC[C@H](C)[C@H](NS(=O)(=O)c1ccc(C)cc1)C(=O)NCC(OC)OC. The van der Waals surface area contributed by atoms with Crippen molar-refractivity contribution in [3.63, 3.8) is 0 Å². The number of carbonyl (C=O) groups excluding carboxylic acids is 1. The minimum absolute atomic E-state index is 0.130. The number of methoxy groups -OCH3 is 2. The van der Waals surface area contributed by atoms with E-state index >= 15 is 0 Å². The Morgan fingerprint density at radius 1 is 1.16 bits per heavy atom. The van der Waals surface area contributed by atoms with Gasteiger partial charge in [0.2, 0.25) is 15.9 Å². The van der Waals surface area contributed by atoms with Crippen molar-refractivity contribution in [3.05, 3.63) is 29.8 Å². The molecule has 0 saturated heterocycles. The smallest absolute Gasteiger partial charge is 0.241 e. The predicted octanol–water partition coefficient (Wildman–Crippen LogP) is 1.42. The van der Waals surface area contributed by atoms with Gasteiger partial charge in [-0.05, 0) is 25.0 Å². The zero-order chi connectivity index (χ0) is 19.0. The Balaban J connectivity index is 2.91. The van der Waals surface area contributed by atoms with Gasteiger partial charge in [-0.1, -0.05) is 38.0 Å². The van der Waals surface area contributed by atoms with Crippen LogP contribution in [0.3, 0.4) is 0 Å². The fraction of sp³-hybridized carbons (Fsp3) is 0.588.